The molecule has 20 heavy (non-hydrogen) atoms. The topological polar surface area (TPSA) is 110 Å². The third-order valence-corrected chi connectivity index (χ3v) is 2.53. The lowest BCUT2D eigenvalue weighted by molar-refractivity contribution is -0.385. The van der Waals surface area contributed by atoms with E-state index < -0.39 is 4.92 Å². The van der Waals surface area contributed by atoms with Gasteiger partial charge in [-0.15, -0.1) is 0 Å². The van der Waals surface area contributed by atoms with Crippen LogP contribution in [0, 0.1) is 17.0 Å². The van der Waals surface area contributed by atoms with E-state index in [1.807, 2.05) is 14.1 Å². The van der Waals surface area contributed by atoms with E-state index in [0.29, 0.717) is 29.9 Å². The number of aryl methyl sites for hydroxylation is 1. The van der Waals surface area contributed by atoms with Gasteiger partial charge in [-0.3, -0.25) is 10.1 Å². The quantitative estimate of drug-likeness (QED) is 0.644. The molecule has 1 N–H and O–H groups in total. The Hall–Kier alpha value is -2.71. The second-order valence-electron chi connectivity index (χ2n) is 4.29. The van der Waals surface area contributed by atoms with E-state index in [-0.39, 0.29) is 5.69 Å². The van der Waals surface area contributed by atoms with Gasteiger partial charge >= 0.3 is 0 Å². The molecule has 0 aliphatic carbocycles. The maximum atomic E-state index is 10.7. The minimum absolute atomic E-state index is 0.0109. The molecule has 0 saturated heterocycles. The van der Waals surface area contributed by atoms with Crippen LogP contribution in [-0.4, -0.2) is 34.1 Å². The lowest BCUT2D eigenvalue weighted by Gasteiger charge is -2.04. The van der Waals surface area contributed by atoms with E-state index in [4.69, 9.17) is 4.52 Å². The number of anilines is 2. The lowest BCUT2D eigenvalue weighted by Crippen LogP contribution is -2.10. The molecule has 0 aliphatic heterocycles. The Balaban J connectivity index is 2.03. The monoisotopic (exact) mass is 278 g/mol. The second-order valence-corrected chi connectivity index (χ2v) is 4.29. The van der Waals surface area contributed by atoms with E-state index in [1.54, 1.807) is 11.8 Å². The number of rotatable bonds is 5. The van der Waals surface area contributed by atoms with Crippen LogP contribution < -0.4 is 10.2 Å². The molecule has 2 rings (SSSR count). The number of nitrogens with zero attached hydrogens (tertiary/aromatic N) is 5. The Morgan fingerprint density at radius 3 is 2.70 bits per heavy atom. The molecule has 106 valence electrons. The molecule has 0 radical (unpaired) electrons. The molecular formula is C11H14N6O3. The fraction of sp³-hybridized carbons (Fsp3) is 0.364. The number of nitrogens with one attached hydrogen (secondary N) is 1. The van der Waals surface area contributed by atoms with Crippen LogP contribution in [0.4, 0.5) is 17.5 Å². The van der Waals surface area contributed by atoms with Gasteiger partial charge in [-0.1, -0.05) is 0 Å². The fourth-order valence-electron chi connectivity index (χ4n) is 1.51. The number of nitro groups is 1. The van der Waals surface area contributed by atoms with E-state index in [2.05, 4.69) is 20.4 Å². The normalized spacial score (nSPS) is 10.3. The zero-order chi connectivity index (χ0) is 14.7. The van der Waals surface area contributed by atoms with Crippen molar-refractivity contribution in [3.8, 4) is 0 Å². The van der Waals surface area contributed by atoms with Crippen LogP contribution in [0.5, 0.6) is 0 Å². The minimum atomic E-state index is -0.465. The van der Waals surface area contributed by atoms with Gasteiger partial charge in [-0.2, -0.15) is 4.98 Å². The van der Waals surface area contributed by atoms with Gasteiger partial charge in [0.05, 0.1) is 11.5 Å². The van der Waals surface area contributed by atoms with Gasteiger partial charge in [0.15, 0.2) is 0 Å². The third kappa shape index (κ3) is 2.99. The molecule has 2 aromatic rings. The molecule has 0 bridgehead atoms. The Labute approximate surface area is 114 Å². The fourth-order valence-corrected chi connectivity index (χ4v) is 1.51. The van der Waals surface area contributed by atoms with Gasteiger partial charge < -0.3 is 14.7 Å². The van der Waals surface area contributed by atoms with Gasteiger partial charge in [-0.25, -0.2) is 4.98 Å². The molecule has 0 aliphatic rings. The highest BCUT2D eigenvalue weighted by Gasteiger charge is 2.12. The molecule has 0 spiro atoms. The first-order valence-electron chi connectivity index (χ1n) is 5.83. The van der Waals surface area contributed by atoms with E-state index in [9.17, 15) is 10.1 Å². The minimum Gasteiger partial charge on any atom is -0.361 e. The first kappa shape index (κ1) is 13.7. The SMILES string of the molecule is Cc1nc(NCc2nc(N(C)C)no2)ccc1[N+](=O)[O-]. The van der Waals surface area contributed by atoms with Crippen molar-refractivity contribution in [2.45, 2.75) is 13.5 Å². The molecule has 0 unspecified atom stereocenters. The summed E-state index contributed by atoms with van der Waals surface area (Å²) >= 11 is 0. The molecular weight excluding hydrogens is 264 g/mol. The summed E-state index contributed by atoms with van der Waals surface area (Å²) in [6, 6.07) is 2.94. The zero-order valence-electron chi connectivity index (χ0n) is 11.3. The van der Waals surface area contributed by atoms with E-state index in [1.165, 1.54) is 12.1 Å². The smallest absolute Gasteiger partial charge is 0.290 e. The highest BCUT2D eigenvalue weighted by atomic mass is 16.6. The molecule has 0 amide bonds. The lowest BCUT2D eigenvalue weighted by atomic mass is 10.3. The van der Waals surface area contributed by atoms with Gasteiger partial charge in [0.25, 0.3) is 11.6 Å². The van der Waals surface area contributed by atoms with Crippen molar-refractivity contribution < 1.29 is 9.45 Å². The van der Waals surface area contributed by atoms with Crippen molar-refractivity contribution in [2.24, 2.45) is 0 Å². The van der Waals surface area contributed by atoms with E-state index >= 15 is 0 Å². The summed E-state index contributed by atoms with van der Waals surface area (Å²) in [5.74, 6) is 1.40. The molecule has 0 fully saturated rings. The highest BCUT2D eigenvalue weighted by molar-refractivity contribution is 5.44. The first-order chi connectivity index (χ1) is 9.47. The summed E-state index contributed by atoms with van der Waals surface area (Å²) in [6.45, 7) is 1.88. The number of pyridine rings is 1. The summed E-state index contributed by atoms with van der Waals surface area (Å²) in [6.07, 6.45) is 0. The predicted octanol–water partition coefficient (Wildman–Crippen LogP) is 1.36. The Morgan fingerprint density at radius 2 is 2.15 bits per heavy atom. The van der Waals surface area contributed by atoms with Crippen LogP contribution in [0.2, 0.25) is 0 Å². The van der Waals surface area contributed by atoms with Gasteiger partial charge in [-0.05, 0) is 18.1 Å². The summed E-state index contributed by atoms with van der Waals surface area (Å²) in [7, 11) is 3.62. The van der Waals surface area contributed by atoms with Crippen molar-refractivity contribution in [1.29, 1.82) is 0 Å². The Morgan fingerprint density at radius 1 is 1.40 bits per heavy atom. The van der Waals surface area contributed by atoms with Crippen molar-refractivity contribution in [3.05, 3.63) is 33.8 Å². The largest absolute Gasteiger partial charge is 0.361 e. The van der Waals surface area contributed by atoms with Crippen molar-refractivity contribution in [1.82, 2.24) is 15.1 Å². The molecule has 0 aromatic carbocycles. The standard InChI is InChI=1S/C11H14N6O3/c1-7-8(17(18)19)4-5-9(13-7)12-6-10-14-11(15-20-10)16(2)3/h4-5H,6H2,1-3H3,(H,12,13). The van der Waals surface area contributed by atoms with Crippen LogP contribution >= 0.6 is 0 Å². The molecule has 0 atom stereocenters. The highest BCUT2D eigenvalue weighted by Crippen LogP contribution is 2.18. The molecule has 0 saturated carbocycles. The van der Waals surface area contributed by atoms with Crippen molar-refractivity contribution in [2.75, 3.05) is 24.3 Å². The van der Waals surface area contributed by atoms with Gasteiger partial charge in [0.1, 0.15) is 11.5 Å². The Bertz CT molecular complexity index is 624. The average Bonchev–Trinajstić information content (AvgIpc) is 2.85. The van der Waals surface area contributed by atoms with Crippen LogP contribution in [0.3, 0.4) is 0 Å². The Kier molecular flexibility index (Phi) is 3.78. The summed E-state index contributed by atoms with van der Waals surface area (Å²) < 4.78 is 5.04. The van der Waals surface area contributed by atoms with Crippen LogP contribution in [0.15, 0.2) is 16.7 Å². The maximum Gasteiger partial charge on any atom is 0.290 e. The van der Waals surface area contributed by atoms with Crippen LogP contribution in [0.1, 0.15) is 11.6 Å². The van der Waals surface area contributed by atoms with Crippen LogP contribution in [0.25, 0.3) is 0 Å². The first-order valence-corrected chi connectivity index (χ1v) is 5.83. The average molecular weight is 278 g/mol. The van der Waals surface area contributed by atoms with Gasteiger partial charge in [0.2, 0.25) is 5.89 Å². The molecule has 9 nitrogen and oxygen atoms in total. The molecule has 9 heteroatoms. The molecule has 2 aromatic heterocycles. The third-order valence-electron chi connectivity index (χ3n) is 2.53. The zero-order valence-corrected chi connectivity index (χ0v) is 11.3. The predicted molar refractivity (Wildman–Crippen MR) is 71.6 cm³/mol. The van der Waals surface area contributed by atoms with Gasteiger partial charge in [0, 0.05) is 20.2 Å². The maximum absolute atomic E-state index is 10.7. The van der Waals surface area contributed by atoms with Crippen molar-refractivity contribution >= 4 is 17.5 Å². The number of aromatic nitrogens is 3. The number of hydrogen-bond donors (Lipinski definition) is 1. The summed E-state index contributed by atoms with van der Waals surface area (Å²) in [4.78, 5) is 20.2. The molecule has 2 heterocycles. The van der Waals surface area contributed by atoms with Crippen molar-refractivity contribution in [3.63, 3.8) is 0 Å². The number of hydrogen-bond acceptors (Lipinski definition) is 8. The summed E-state index contributed by atoms with van der Waals surface area (Å²) in [5.41, 5.74) is 0.336. The van der Waals surface area contributed by atoms with Crippen LogP contribution in [-0.2, 0) is 6.54 Å². The van der Waals surface area contributed by atoms with E-state index in [0.717, 1.165) is 0 Å². The summed E-state index contributed by atoms with van der Waals surface area (Å²) in [5, 5.41) is 17.4. The second kappa shape index (κ2) is 5.51.